The van der Waals surface area contributed by atoms with Gasteiger partial charge in [0.2, 0.25) is 0 Å². The Kier molecular flexibility index (Phi) is 16.3. The highest BCUT2D eigenvalue weighted by molar-refractivity contribution is 5.79. The third kappa shape index (κ3) is 13.5. The first kappa shape index (κ1) is 34.5. The number of benzene rings is 1. The summed E-state index contributed by atoms with van der Waals surface area (Å²) in [5, 5.41) is 11.0. The van der Waals surface area contributed by atoms with Crippen LogP contribution in [-0.2, 0) is 20.4 Å². The van der Waals surface area contributed by atoms with Gasteiger partial charge in [0.15, 0.2) is 0 Å². The van der Waals surface area contributed by atoms with Crippen LogP contribution in [0.5, 0.6) is 5.75 Å². The van der Waals surface area contributed by atoms with Crippen molar-refractivity contribution < 1.29 is 14.6 Å². The average Bonchev–Trinajstić information content (AvgIpc) is 2.84. The van der Waals surface area contributed by atoms with Crippen LogP contribution in [0, 0.1) is 0 Å². The van der Waals surface area contributed by atoms with Gasteiger partial charge in [-0.25, -0.2) is 0 Å². The lowest BCUT2D eigenvalue weighted by Crippen LogP contribution is -2.20. The summed E-state index contributed by atoms with van der Waals surface area (Å²) in [5.74, 6) is -0.496. The molecular weight excluding hydrogens is 468 g/mol. The Morgan fingerprint density at radius 3 is 1.53 bits per heavy atom. The summed E-state index contributed by atoms with van der Waals surface area (Å²) in [7, 11) is 0. The number of hydrogen-bond donors (Lipinski definition) is 1. The summed E-state index contributed by atoms with van der Waals surface area (Å²) in [4.78, 5) is 12.8. The van der Waals surface area contributed by atoms with Crippen LogP contribution in [0.3, 0.4) is 0 Å². The predicted molar refractivity (Wildman–Crippen MR) is 164 cm³/mol. The van der Waals surface area contributed by atoms with E-state index in [9.17, 15) is 9.90 Å². The molecule has 1 unspecified atom stereocenters. The molecule has 0 amide bonds. The number of hydrogen-bond acceptors (Lipinski definition) is 3. The number of carbonyl (C=O) groups excluding carboxylic acids is 1. The summed E-state index contributed by atoms with van der Waals surface area (Å²) in [6.45, 7) is 17.4. The van der Waals surface area contributed by atoms with Crippen molar-refractivity contribution in [3.63, 3.8) is 0 Å². The first-order valence-corrected chi connectivity index (χ1v) is 15.9. The van der Waals surface area contributed by atoms with Gasteiger partial charge in [0.1, 0.15) is 5.75 Å². The molecular formula is C35H62O3. The number of ether oxygens (including phenoxy) is 1. The van der Waals surface area contributed by atoms with Crippen LogP contribution >= 0.6 is 0 Å². The number of unbranched alkanes of at least 4 members (excludes halogenated alkanes) is 15. The zero-order valence-electron chi connectivity index (χ0n) is 26.5. The molecule has 0 fully saturated rings. The Morgan fingerprint density at radius 2 is 1.13 bits per heavy atom. The van der Waals surface area contributed by atoms with Crippen LogP contribution in [0.4, 0.5) is 0 Å². The molecule has 0 spiro atoms. The minimum atomic E-state index is -0.487. The molecule has 38 heavy (non-hydrogen) atoms. The Morgan fingerprint density at radius 1 is 0.711 bits per heavy atom. The molecule has 0 radical (unpaired) electrons. The molecule has 1 aromatic carbocycles. The van der Waals surface area contributed by atoms with E-state index in [0.29, 0.717) is 12.2 Å². The van der Waals surface area contributed by atoms with E-state index in [0.717, 1.165) is 24.0 Å². The van der Waals surface area contributed by atoms with Crippen LogP contribution in [0.1, 0.15) is 181 Å². The molecule has 220 valence electrons. The van der Waals surface area contributed by atoms with Crippen molar-refractivity contribution in [2.24, 2.45) is 0 Å². The third-order valence-electron chi connectivity index (χ3n) is 7.88. The van der Waals surface area contributed by atoms with E-state index < -0.39 is 5.92 Å². The summed E-state index contributed by atoms with van der Waals surface area (Å²) in [6, 6.07) is 4.08. The van der Waals surface area contributed by atoms with Crippen LogP contribution in [0.15, 0.2) is 12.1 Å². The molecule has 0 aromatic heterocycles. The molecule has 1 aromatic rings. The second-order valence-electron chi connectivity index (χ2n) is 13.7. The number of rotatable bonds is 19. The molecule has 1 N–H and O–H groups in total. The highest BCUT2D eigenvalue weighted by Gasteiger charge is 2.29. The van der Waals surface area contributed by atoms with E-state index in [1.807, 2.05) is 13.0 Å². The van der Waals surface area contributed by atoms with Crippen molar-refractivity contribution >= 4 is 5.97 Å². The quantitative estimate of drug-likeness (QED) is 0.143. The Balaban J connectivity index is 2.26. The van der Waals surface area contributed by atoms with Crippen LogP contribution < -0.4 is 0 Å². The summed E-state index contributed by atoms with van der Waals surface area (Å²) < 4.78 is 5.63. The smallest absolute Gasteiger partial charge is 0.313 e. The zero-order chi connectivity index (χ0) is 28.6. The second kappa shape index (κ2) is 18.0. The monoisotopic (exact) mass is 530 g/mol. The van der Waals surface area contributed by atoms with Gasteiger partial charge >= 0.3 is 5.97 Å². The largest absolute Gasteiger partial charge is 0.507 e. The predicted octanol–water partition coefficient (Wildman–Crippen LogP) is 10.9. The topological polar surface area (TPSA) is 46.5 Å². The van der Waals surface area contributed by atoms with E-state index in [2.05, 4.69) is 54.5 Å². The molecule has 3 nitrogen and oxygen atoms in total. The highest BCUT2D eigenvalue weighted by atomic mass is 16.5. The van der Waals surface area contributed by atoms with Crippen molar-refractivity contribution in [3.8, 4) is 5.75 Å². The Labute approximate surface area is 236 Å². The zero-order valence-corrected chi connectivity index (χ0v) is 26.5. The summed E-state index contributed by atoms with van der Waals surface area (Å²) in [5.41, 5.74) is 2.42. The fraction of sp³-hybridized carbons (Fsp3) is 0.800. The molecule has 1 atom stereocenters. The first-order valence-electron chi connectivity index (χ1n) is 15.9. The lowest BCUT2D eigenvalue weighted by atomic mass is 9.77. The van der Waals surface area contributed by atoms with Crippen molar-refractivity contribution in [2.75, 3.05) is 6.61 Å². The van der Waals surface area contributed by atoms with Gasteiger partial charge in [0.25, 0.3) is 0 Å². The maximum atomic E-state index is 12.8. The van der Waals surface area contributed by atoms with E-state index in [1.165, 1.54) is 89.9 Å². The summed E-state index contributed by atoms with van der Waals surface area (Å²) in [6.07, 6.45) is 21.3. The lowest BCUT2D eigenvalue weighted by Gasteiger charge is -2.28. The summed E-state index contributed by atoms with van der Waals surface area (Å²) >= 11 is 0. The molecule has 0 aliphatic carbocycles. The third-order valence-corrected chi connectivity index (χ3v) is 7.88. The second-order valence-corrected chi connectivity index (χ2v) is 13.7. The fourth-order valence-corrected chi connectivity index (χ4v) is 5.07. The molecule has 1 rings (SSSR count). The molecule has 0 aliphatic heterocycles. The SMILES string of the molecule is CCCCCCCCCCCCCCCCCCOC(=O)C(C)c1cc(C(C)(C)C)cc(C(C)(C)C)c1O. The van der Waals surface area contributed by atoms with E-state index in [1.54, 1.807) is 0 Å². The van der Waals surface area contributed by atoms with Gasteiger partial charge in [-0.05, 0) is 35.3 Å². The van der Waals surface area contributed by atoms with E-state index in [4.69, 9.17) is 4.74 Å². The number of esters is 1. The Hall–Kier alpha value is -1.51. The van der Waals surface area contributed by atoms with Gasteiger partial charge in [-0.15, -0.1) is 0 Å². The van der Waals surface area contributed by atoms with Gasteiger partial charge in [-0.1, -0.05) is 157 Å². The van der Waals surface area contributed by atoms with Crippen molar-refractivity contribution in [1.29, 1.82) is 0 Å². The van der Waals surface area contributed by atoms with Crippen LogP contribution in [-0.4, -0.2) is 17.7 Å². The minimum absolute atomic E-state index is 0.0698. The van der Waals surface area contributed by atoms with Crippen molar-refractivity contribution in [3.05, 3.63) is 28.8 Å². The number of phenolic OH excluding ortho intramolecular Hbond substituents is 1. The number of phenols is 1. The lowest BCUT2D eigenvalue weighted by molar-refractivity contribution is -0.145. The molecule has 0 saturated carbocycles. The molecule has 0 heterocycles. The highest BCUT2D eigenvalue weighted by Crippen LogP contribution is 2.40. The minimum Gasteiger partial charge on any atom is -0.507 e. The number of carbonyl (C=O) groups is 1. The van der Waals surface area contributed by atoms with Crippen LogP contribution in [0.25, 0.3) is 0 Å². The van der Waals surface area contributed by atoms with Crippen LogP contribution in [0.2, 0.25) is 0 Å². The average molecular weight is 531 g/mol. The maximum Gasteiger partial charge on any atom is 0.313 e. The standard InChI is InChI=1S/C35H62O3/c1-9-10-11-12-13-14-15-16-17-18-19-20-21-22-23-24-25-38-33(37)28(2)30-26-29(34(3,4)5)27-31(32(30)36)35(6,7)8/h26-28,36H,9-25H2,1-8H3. The molecule has 0 saturated heterocycles. The maximum absolute atomic E-state index is 12.8. The molecule has 0 bridgehead atoms. The van der Waals surface area contributed by atoms with Gasteiger partial charge in [0, 0.05) is 5.56 Å². The van der Waals surface area contributed by atoms with Gasteiger partial charge in [-0.2, -0.15) is 0 Å². The van der Waals surface area contributed by atoms with Gasteiger partial charge in [-0.3, -0.25) is 4.79 Å². The van der Waals surface area contributed by atoms with E-state index in [-0.39, 0.29) is 22.5 Å². The molecule has 0 aliphatic rings. The van der Waals surface area contributed by atoms with Gasteiger partial charge in [0.05, 0.1) is 12.5 Å². The van der Waals surface area contributed by atoms with Gasteiger partial charge < -0.3 is 9.84 Å². The normalized spacial score (nSPS) is 13.1. The van der Waals surface area contributed by atoms with E-state index >= 15 is 0 Å². The van der Waals surface area contributed by atoms with Crippen molar-refractivity contribution in [1.82, 2.24) is 0 Å². The van der Waals surface area contributed by atoms with Crippen molar-refractivity contribution in [2.45, 2.75) is 175 Å². The molecule has 3 heteroatoms. The Bertz CT molecular complexity index is 782. The first-order chi connectivity index (χ1) is 17.9. The fourth-order valence-electron chi connectivity index (χ4n) is 5.07. The number of aromatic hydroxyl groups is 1.